The molecule has 0 aliphatic heterocycles. The SMILES string of the molecule is O[SiH2]OC(CCC1CC1)C1CC1. The Hall–Kier alpha value is 0.137. The molecule has 2 fully saturated rings. The first kappa shape index (κ1) is 8.72. The van der Waals surface area contributed by atoms with Crippen LogP contribution in [0.3, 0.4) is 0 Å². The average Bonchev–Trinajstić information content (AvgIpc) is 2.86. The Morgan fingerprint density at radius 1 is 1.33 bits per heavy atom. The van der Waals surface area contributed by atoms with Crippen LogP contribution in [-0.2, 0) is 4.43 Å². The lowest BCUT2D eigenvalue weighted by Crippen LogP contribution is -2.18. The fourth-order valence-electron chi connectivity index (χ4n) is 1.83. The van der Waals surface area contributed by atoms with Crippen LogP contribution in [0.4, 0.5) is 0 Å². The van der Waals surface area contributed by atoms with Crippen molar-refractivity contribution >= 4 is 10.0 Å². The minimum Gasteiger partial charge on any atom is -0.415 e. The van der Waals surface area contributed by atoms with Gasteiger partial charge in [0.1, 0.15) is 0 Å². The second-order valence-corrected chi connectivity index (χ2v) is 4.78. The van der Waals surface area contributed by atoms with E-state index in [1.807, 2.05) is 0 Å². The molecule has 2 aliphatic carbocycles. The Bertz CT molecular complexity index is 143. The van der Waals surface area contributed by atoms with Gasteiger partial charge in [0.2, 0.25) is 0 Å². The lowest BCUT2D eigenvalue weighted by atomic mass is 10.1. The van der Waals surface area contributed by atoms with Crippen molar-refractivity contribution in [1.29, 1.82) is 0 Å². The van der Waals surface area contributed by atoms with Crippen LogP contribution in [0, 0.1) is 11.8 Å². The Morgan fingerprint density at radius 3 is 2.58 bits per heavy atom. The van der Waals surface area contributed by atoms with Crippen molar-refractivity contribution in [3.8, 4) is 0 Å². The molecule has 1 N–H and O–H groups in total. The van der Waals surface area contributed by atoms with Gasteiger partial charge in [0.15, 0.2) is 0 Å². The first-order valence-corrected chi connectivity index (χ1v) is 6.33. The van der Waals surface area contributed by atoms with E-state index in [-0.39, 0.29) is 0 Å². The molecule has 0 spiro atoms. The molecule has 0 aromatic heterocycles. The monoisotopic (exact) mass is 186 g/mol. The van der Waals surface area contributed by atoms with E-state index < -0.39 is 10.0 Å². The van der Waals surface area contributed by atoms with Crippen LogP contribution in [0.2, 0.25) is 0 Å². The maximum atomic E-state index is 8.81. The second-order valence-electron chi connectivity index (χ2n) is 4.19. The van der Waals surface area contributed by atoms with E-state index in [2.05, 4.69) is 0 Å². The van der Waals surface area contributed by atoms with Crippen molar-refractivity contribution in [3.05, 3.63) is 0 Å². The van der Waals surface area contributed by atoms with Crippen LogP contribution in [0.15, 0.2) is 0 Å². The molecule has 70 valence electrons. The molecule has 0 heterocycles. The van der Waals surface area contributed by atoms with E-state index in [9.17, 15) is 0 Å². The molecule has 2 saturated carbocycles. The van der Waals surface area contributed by atoms with Crippen LogP contribution >= 0.6 is 0 Å². The zero-order valence-corrected chi connectivity index (χ0v) is 8.95. The predicted octanol–water partition coefficient (Wildman–Crippen LogP) is 0.963. The summed E-state index contributed by atoms with van der Waals surface area (Å²) in [5, 5.41) is 0. The average molecular weight is 186 g/mol. The lowest BCUT2D eigenvalue weighted by Gasteiger charge is -2.15. The van der Waals surface area contributed by atoms with Crippen LogP contribution in [0.1, 0.15) is 38.5 Å². The number of hydrogen-bond donors (Lipinski definition) is 1. The van der Waals surface area contributed by atoms with Crippen molar-refractivity contribution in [2.45, 2.75) is 44.6 Å². The van der Waals surface area contributed by atoms with Crippen LogP contribution in [0.25, 0.3) is 0 Å². The van der Waals surface area contributed by atoms with Gasteiger partial charge in [-0.3, -0.25) is 0 Å². The minimum atomic E-state index is -1.16. The zero-order chi connectivity index (χ0) is 8.39. The number of rotatable bonds is 6. The molecule has 1 atom stereocenters. The topological polar surface area (TPSA) is 29.5 Å². The van der Waals surface area contributed by atoms with Crippen molar-refractivity contribution in [3.63, 3.8) is 0 Å². The molecule has 3 heteroatoms. The van der Waals surface area contributed by atoms with E-state index in [1.54, 1.807) is 0 Å². The van der Waals surface area contributed by atoms with Gasteiger partial charge in [-0.1, -0.05) is 12.8 Å². The molecule has 2 nitrogen and oxygen atoms in total. The Balaban J connectivity index is 1.64. The highest BCUT2D eigenvalue weighted by atomic mass is 28.2. The molecular weight excluding hydrogens is 168 g/mol. The summed E-state index contributed by atoms with van der Waals surface area (Å²) in [6.07, 6.45) is 8.54. The highest BCUT2D eigenvalue weighted by Gasteiger charge is 2.32. The Labute approximate surface area is 76.4 Å². The first-order valence-electron chi connectivity index (χ1n) is 5.12. The molecule has 2 aliphatic rings. The molecule has 0 radical (unpaired) electrons. The van der Waals surface area contributed by atoms with E-state index in [0.717, 1.165) is 11.8 Å². The van der Waals surface area contributed by atoms with Gasteiger partial charge >= 0.3 is 10.0 Å². The van der Waals surface area contributed by atoms with Crippen molar-refractivity contribution in [2.75, 3.05) is 0 Å². The van der Waals surface area contributed by atoms with Crippen molar-refractivity contribution in [1.82, 2.24) is 0 Å². The molecule has 1 unspecified atom stereocenters. The van der Waals surface area contributed by atoms with Gasteiger partial charge < -0.3 is 9.22 Å². The summed E-state index contributed by atoms with van der Waals surface area (Å²) in [4.78, 5) is 8.81. The van der Waals surface area contributed by atoms with Crippen molar-refractivity contribution < 1.29 is 9.22 Å². The highest BCUT2D eigenvalue weighted by molar-refractivity contribution is 6.15. The molecule has 0 bridgehead atoms. The maximum Gasteiger partial charge on any atom is 0.302 e. The van der Waals surface area contributed by atoms with Crippen LogP contribution in [0.5, 0.6) is 0 Å². The fourth-order valence-corrected chi connectivity index (χ4v) is 2.46. The van der Waals surface area contributed by atoms with Gasteiger partial charge in [0.25, 0.3) is 0 Å². The first-order chi connectivity index (χ1) is 5.90. The van der Waals surface area contributed by atoms with E-state index in [1.165, 1.54) is 38.5 Å². The Morgan fingerprint density at radius 2 is 2.08 bits per heavy atom. The summed E-state index contributed by atoms with van der Waals surface area (Å²) in [5.74, 6) is 1.82. The van der Waals surface area contributed by atoms with Crippen molar-refractivity contribution in [2.24, 2.45) is 11.8 Å². The third kappa shape index (κ3) is 2.57. The molecule has 0 saturated heterocycles. The summed E-state index contributed by atoms with van der Waals surface area (Å²) in [7, 11) is -1.16. The number of hydrogen-bond acceptors (Lipinski definition) is 2. The van der Waals surface area contributed by atoms with E-state index in [0.29, 0.717) is 6.10 Å². The summed E-state index contributed by atoms with van der Waals surface area (Å²) < 4.78 is 5.44. The minimum absolute atomic E-state index is 0.433. The largest absolute Gasteiger partial charge is 0.415 e. The van der Waals surface area contributed by atoms with E-state index >= 15 is 0 Å². The molecule has 0 aromatic rings. The normalized spacial score (nSPS) is 26.8. The summed E-state index contributed by atoms with van der Waals surface area (Å²) in [5.41, 5.74) is 0. The third-order valence-corrected chi connectivity index (χ3v) is 3.57. The third-order valence-electron chi connectivity index (χ3n) is 2.99. The van der Waals surface area contributed by atoms with Gasteiger partial charge in [0.05, 0.1) is 0 Å². The van der Waals surface area contributed by atoms with Gasteiger partial charge in [-0.05, 0) is 37.5 Å². The van der Waals surface area contributed by atoms with Crippen LogP contribution in [-0.4, -0.2) is 20.9 Å². The Kier molecular flexibility index (Phi) is 2.83. The second kappa shape index (κ2) is 3.90. The van der Waals surface area contributed by atoms with Crippen LogP contribution < -0.4 is 0 Å². The zero-order valence-electron chi connectivity index (χ0n) is 7.54. The van der Waals surface area contributed by atoms with Gasteiger partial charge in [0, 0.05) is 6.10 Å². The molecule has 2 rings (SSSR count). The fraction of sp³-hybridized carbons (Fsp3) is 1.00. The molecule has 0 aromatic carbocycles. The summed E-state index contributed by atoms with van der Waals surface area (Å²) >= 11 is 0. The van der Waals surface area contributed by atoms with Gasteiger partial charge in [-0.25, -0.2) is 0 Å². The smallest absolute Gasteiger partial charge is 0.302 e. The molecule has 12 heavy (non-hydrogen) atoms. The van der Waals surface area contributed by atoms with E-state index in [4.69, 9.17) is 9.22 Å². The summed E-state index contributed by atoms with van der Waals surface area (Å²) in [6, 6.07) is 0. The standard InChI is InChI=1S/C9H18O2Si/c10-12-11-9(8-4-5-8)6-3-7-1-2-7/h7-10H,1-6,12H2. The highest BCUT2D eigenvalue weighted by Crippen LogP contribution is 2.40. The maximum absolute atomic E-state index is 8.81. The predicted molar refractivity (Wildman–Crippen MR) is 50.3 cm³/mol. The quantitative estimate of drug-likeness (QED) is 0.626. The molecular formula is C9H18O2Si. The van der Waals surface area contributed by atoms with Gasteiger partial charge in [-0.15, -0.1) is 0 Å². The lowest BCUT2D eigenvalue weighted by molar-refractivity contribution is 0.147. The van der Waals surface area contributed by atoms with Gasteiger partial charge in [-0.2, -0.15) is 0 Å². The molecule has 0 amide bonds. The summed E-state index contributed by atoms with van der Waals surface area (Å²) in [6.45, 7) is 0.